The van der Waals surface area contributed by atoms with E-state index in [1.807, 2.05) is 6.07 Å². The van der Waals surface area contributed by atoms with Crippen molar-refractivity contribution in [2.24, 2.45) is 0 Å². The number of piperazine rings is 1. The Kier molecular flexibility index (Phi) is 9.18. The number of esters is 1. The predicted molar refractivity (Wildman–Crippen MR) is 132 cm³/mol. The lowest BCUT2D eigenvalue weighted by molar-refractivity contribution is -0.126. The van der Waals surface area contributed by atoms with E-state index in [0.29, 0.717) is 16.8 Å². The summed E-state index contributed by atoms with van der Waals surface area (Å²) in [5.41, 5.74) is 1.02. The number of benzene rings is 2. The van der Waals surface area contributed by atoms with Gasteiger partial charge in [0, 0.05) is 39.0 Å². The Bertz CT molecular complexity index is 1270. The average Bonchev–Trinajstić information content (AvgIpc) is 2.92. The lowest BCUT2D eigenvalue weighted by atomic mass is 10.2. The van der Waals surface area contributed by atoms with E-state index < -0.39 is 34.0 Å². The summed E-state index contributed by atoms with van der Waals surface area (Å²) in [5, 5.41) is 14.3. The zero-order valence-electron chi connectivity index (χ0n) is 20.3. The number of amides is 3. The summed E-state index contributed by atoms with van der Waals surface area (Å²) < 4.78 is 37.4. The van der Waals surface area contributed by atoms with Gasteiger partial charge in [-0.05, 0) is 48.5 Å². The minimum absolute atomic E-state index is 0.0312. The molecule has 37 heavy (non-hydrogen) atoms. The molecule has 13 heteroatoms. The summed E-state index contributed by atoms with van der Waals surface area (Å²) in [4.78, 5) is 38.8. The lowest BCUT2D eigenvalue weighted by Gasteiger charge is -2.39. The summed E-state index contributed by atoms with van der Waals surface area (Å²) in [5.74, 6) is -1.09. The molecule has 3 amide bonds. The SMILES string of the molecule is COCCNC(=O)C1CN(C(=O)Nc2ccc(C(=O)OC)cc2)CCN1S(=O)(=O)c1ccc(C#N)cc1. The highest BCUT2D eigenvalue weighted by Crippen LogP contribution is 2.23. The van der Waals surface area contributed by atoms with E-state index in [9.17, 15) is 22.8 Å². The average molecular weight is 530 g/mol. The molecule has 0 aliphatic carbocycles. The zero-order chi connectivity index (χ0) is 27.0. The largest absolute Gasteiger partial charge is 0.465 e. The highest BCUT2D eigenvalue weighted by Gasteiger charge is 2.41. The fourth-order valence-electron chi connectivity index (χ4n) is 3.69. The van der Waals surface area contributed by atoms with E-state index in [1.54, 1.807) is 0 Å². The minimum Gasteiger partial charge on any atom is -0.465 e. The molecular formula is C24H27N5O7S. The molecular weight excluding hydrogens is 502 g/mol. The van der Waals surface area contributed by atoms with Crippen LogP contribution in [0.3, 0.4) is 0 Å². The van der Waals surface area contributed by atoms with Crippen molar-refractivity contribution < 1.29 is 32.3 Å². The smallest absolute Gasteiger partial charge is 0.337 e. The van der Waals surface area contributed by atoms with Crippen molar-refractivity contribution >= 4 is 33.6 Å². The maximum absolute atomic E-state index is 13.4. The second-order valence-corrected chi connectivity index (χ2v) is 9.89. The van der Waals surface area contributed by atoms with Crippen LogP contribution < -0.4 is 10.6 Å². The van der Waals surface area contributed by atoms with Gasteiger partial charge in [0.2, 0.25) is 15.9 Å². The van der Waals surface area contributed by atoms with Crippen LogP contribution in [0.2, 0.25) is 0 Å². The number of ether oxygens (including phenoxy) is 2. The number of carbonyl (C=O) groups excluding carboxylic acids is 3. The zero-order valence-corrected chi connectivity index (χ0v) is 21.2. The van der Waals surface area contributed by atoms with Crippen molar-refractivity contribution in [2.75, 3.05) is 52.3 Å². The molecule has 1 heterocycles. The van der Waals surface area contributed by atoms with Crippen LogP contribution in [0.5, 0.6) is 0 Å². The van der Waals surface area contributed by atoms with Crippen LogP contribution in [0.15, 0.2) is 53.4 Å². The standard InChI is InChI=1S/C24H27N5O7S/c1-35-14-11-26-22(30)21-16-28(24(32)27-19-7-5-18(6-8-19)23(31)36-2)12-13-29(21)37(33,34)20-9-3-17(15-25)4-10-20/h3-10,21H,11-14,16H2,1-2H3,(H,26,30)(H,27,32). The topological polar surface area (TPSA) is 158 Å². The minimum atomic E-state index is -4.11. The first kappa shape index (κ1) is 27.6. The summed E-state index contributed by atoms with van der Waals surface area (Å²) >= 11 is 0. The molecule has 0 spiro atoms. The molecule has 1 aliphatic rings. The Morgan fingerprint density at radius 2 is 1.73 bits per heavy atom. The van der Waals surface area contributed by atoms with Gasteiger partial charge in [0.15, 0.2) is 0 Å². The molecule has 196 valence electrons. The molecule has 12 nitrogen and oxygen atoms in total. The Hall–Kier alpha value is -3.99. The van der Waals surface area contributed by atoms with E-state index in [0.717, 1.165) is 4.31 Å². The van der Waals surface area contributed by atoms with Crippen molar-refractivity contribution in [1.82, 2.24) is 14.5 Å². The van der Waals surface area contributed by atoms with Crippen molar-refractivity contribution in [3.05, 3.63) is 59.7 Å². The number of nitrogens with zero attached hydrogens (tertiary/aromatic N) is 3. The molecule has 1 atom stereocenters. The van der Waals surface area contributed by atoms with Crippen LogP contribution in [0.4, 0.5) is 10.5 Å². The van der Waals surface area contributed by atoms with E-state index in [1.165, 1.54) is 67.7 Å². The van der Waals surface area contributed by atoms with Gasteiger partial charge in [-0.2, -0.15) is 9.57 Å². The van der Waals surface area contributed by atoms with Gasteiger partial charge >= 0.3 is 12.0 Å². The number of carbonyl (C=O) groups is 3. The number of rotatable bonds is 8. The summed E-state index contributed by atoms with van der Waals surface area (Å²) in [6.45, 7) is 0.102. The maximum atomic E-state index is 13.4. The molecule has 1 fully saturated rings. The Labute approximate surface area is 214 Å². The summed E-state index contributed by atoms with van der Waals surface area (Å²) in [6.07, 6.45) is 0. The quantitative estimate of drug-likeness (QED) is 0.379. The highest BCUT2D eigenvalue weighted by atomic mass is 32.2. The van der Waals surface area contributed by atoms with E-state index in [4.69, 9.17) is 10.00 Å². The number of nitriles is 1. The van der Waals surface area contributed by atoms with Crippen LogP contribution >= 0.6 is 0 Å². The van der Waals surface area contributed by atoms with E-state index in [-0.39, 0.29) is 37.7 Å². The van der Waals surface area contributed by atoms with Crippen LogP contribution in [-0.2, 0) is 24.3 Å². The van der Waals surface area contributed by atoms with Gasteiger partial charge in [-0.1, -0.05) is 0 Å². The fourth-order valence-corrected chi connectivity index (χ4v) is 5.26. The Morgan fingerprint density at radius 3 is 2.32 bits per heavy atom. The van der Waals surface area contributed by atoms with E-state index in [2.05, 4.69) is 15.4 Å². The van der Waals surface area contributed by atoms with Crippen molar-refractivity contribution in [3.63, 3.8) is 0 Å². The maximum Gasteiger partial charge on any atom is 0.337 e. The number of hydrogen-bond donors (Lipinski definition) is 2. The monoisotopic (exact) mass is 529 g/mol. The molecule has 1 unspecified atom stereocenters. The second kappa shape index (κ2) is 12.3. The number of sulfonamides is 1. The third-order valence-electron chi connectivity index (χ3n) is 5.67. The summed E-state index contributed by atoms with van der Waals surface area (Å²) in [6, 6.07) is 11.7. The second-order valence-electron chi connectivity index (χ2n) is 8.00. The summed E-state index contributed by atoms with van der Waals surface area (Å²) in [7, 11) is -1.37. The van der Waals surface area contributed by atoms with Crippen LogP contribution in [-0.4, -0.2) is 88.6 Å². The van der Waals surface area contributed by atoms with Gasteiger partial charge in [-0.3, -0.25) is 4.79 Å². The fraction of sp³-hybridized carbons (Fsp3) is 0.333. The first-order chi connectivity index (χ1) is 17.7. The van der Waals surface area contributed by atoms with Gasteiger partial charge in [0.25, 0.3) is 0 Å². The van der Waals surface area contributed by atoms with Crippen LogP contribution in [0.25, 0.3) is 0 Å². The number of nitrogens with one attached hydrogen (secondary N) is 2. The normalized spacial score (nSPS) is 15.9. The number of urea groups is 1. The van der Waals surface area contributed by atoms with Crippen molar-refractivity contribution in [1.29, 1.82) is 5.26 Å². The molecule has 0 radical (unpaired) electrons. The molecule has 2 aromatic rings. The van der Waals surface area contributed by atoms with Crippen molar-refractivity contribution in [3.8, 4) is 6.07 Å². The molecule has 2 N–H and O–H groups in total. The molecule has 1 saturated heterocycles. The number of methoxy groups -OCH3 is 2. The first-order valence-corrected chi connectivity index (χ1v) is 12.7. The third kappa shape index (κ3) is 6.62. The number of hydrogen-bond acceptors (Lipinski definition) is 8. The molecule has 1 aliphatic heterocycles. The predicted octanol–water partition coefficient (Wildman–Crippen LogP) is 1.01. The highest BCUT2D eigenvalue weighted by molar-refractivity contribution is 7.89. The Balaban J connectivity index is 1.79. The molecule has 2 aromatic carbocycles. The molecule has 3 rings (SSSR count). The van der Waals surface area contributed by atoms with Gasteiger partial charge < -0.3 is 25.0 Å². The Morgan fingerprint density at radius 1 is 1.05 bits per heavy atom. The first-order valence-electron chi connectivity index (χ1n) is 11.2. The van der Waals surface area contributed by atoms with Crippen LogP contribution in [0, 0.1) is 11.3 Å². The van der Waals surface area contributed by atoms with Crippen molar-refractivity contribution in [2.45, 2.75) is 10.9 Å². The van der Waals surface area contributed by atoms with Gasteiger partial charge in [0.1, 0.15) is 6.04 Å². The molecule has 0 bridgehead atoms. The van der Waals surface area contributed by atoms with Gasteiger partial charge in [-0.15, -0.1) is 0 Å². The molecule has 0 saturated carbocycles. The number of anilines is 1. The third-order valence-corrected chi connectivity index (χ3v) is 7.60. The van der Waals surface area contributed by atoms with Gasteiger partial charge in [0.05, 0.1) is 35.8 Å². The van der Waals surface area contributed by atoms with Crippen LogP contribution in [0.1, 0.15) is 15.9 Å². The van der Waals surface area contributed by atoms with E-state index >= 15 is 0 Å². The van der Waals surface area contributed by atoms with Gasteiger partial charge in [-0.25, -0.2) is 18.0 Å². The molecule has 0 aromatic heterocycles. The lowest BCUT2D eigenvalue weighted by Crippen LogP contribution is -2.62.